The molecule has 142 valence electrons. The van der Waals surface area contributed by atoms with Gasteiger partial charge in [-0.3, -0.25) is 9.59 Å². The second-order valence-electron chi connectivity index (χ2n) is 5.52. The van der Waals surface area contributed by atoms with Gasteiger partial charge in [0.2, 0.25) is 11.8 Å². The summed E-state index contributed by atoms with van der Waals surface area (Å²) in [6, 6.07) is 3.37. The Labute approximate surface area is 152 Å². The van der Waals surface area contributed by atoms with Gasteiger partial charge in [-0.15, -0.1) is 12.4 Å². The Kier molecular flexibility index (Phi) is 10.7. The standard InChI is InChI=1S/C16H24FN3O4.ClH/c1-10(2)15(18)16(22)19-9-14(21)20-11-4-5-13(12(17)8-11)24-7-6-23-3;/h4-5,8,10,15H,6-7,9,18H2,1-3H3,(H,19,22)(H,20,21);1H/t15-;/m0./s1. The highest BCUT2D eigenvalue weighted by Crippen LogP contribution is 2.21. The van der Waals surface area contributed by atoms with Gasteiger partial charge in [-0.25, -0.2) is 4.39 Å². The molecule has 0 aliphatic rings. The molecule has 9 heteroatoms. The molecule has 1 rings (SSSR count). The number of amides is 2. The number of anilines is 1. The molecule has 2 amide bonds. The summed E-state index contributed by atoms with van der Waals surface area (Å²) in [5.74, 6) is -1.45. The number of nitrogens with two attached hydrogens (primary N) is 1. The van der Waals surface area contributed by atoms with Crippen LogP contribution in [0.15, 0.2) is 18.2 Å². The number of carbonyl (C=O) groups is 2. The molecule has 25 heavy (non-hydrogen) atoms. The first kappa shape index (κ1) is 23.1. The van der Waals surface area contributed by atoms with Crippen molar-refractivity contribution < 1.29 is 23.5 Å². The number of methoxy groups -OCH3 is 1. The summed E-state index contributed by atoms with van der Waals surface area (Å²) >= 11 is 0. The van der Waals surface area contributed by atoms with Gasteiger partial charge in [-0.05, 0) is 18.1 Å². The largest absolute Gasteiger partial charge is 0.488 e. The van der Waals surface area contributed by atoms with Crippen LogP contribution in [-0.2, 0) is 14.3 Å². The second-order valence-corrected chi connectivity index (χ2v) is 5.52. The van der Waals surface area contributed by atoms with Crippen LogP contribution in [0.5, 0.6) is 5.75 Å². The summed E-state index contributed by atoms with van der Waals surface area (Å²) in [6.07, 6.45) is 0. The lowest BCUT2D eigenvalue weighted by atomic mass is 10.1. The third kappa shape index (κ3) is 8.15. The summed E-state index contributed by atoms with van der Waals surface area (Å²) in [5, 5.41) is 4.92. The lowest BCUT2D eigenvalue weighted by Gasteiger charge is -2.15. The zero-order valence-electron chi connectivity index (χ0n) is 14.5. The Morgan fingerprint density at radius 2 is 1.96 bits per heavy atom. The molecule has 7 nitrogen and oxygen atoms in total. The van der Waals surface area contributed by atoms with Crippen molar-refractivity contribution >= 4 is 29.9 Å². The van der Waals surface area contributed by atoms with Crippen LogP contribution in [0.25, 0.3) is 0 Å². The Balaban J connectivity index is 0.00000576. The molecule has 1 aromatic rings. The highest BCUT2D eigenvalue weighted by Gasteiger charge is 2.17. The highest BCUT2D eigenvalue weighted by molar-refractivity contribution is 5.95. The van der Waals surface area contributed by atoms with E-state index in [2.05, 4.69) is 10.6 Å². The molecule has 0 radical (unpaired) electrons. The first-order valence-electron chi connectivity index (χ1n) is 7.59. The van der Waals surface area contributed by atoms with E-state index in [9.17, 15) is 14.0 Å². The first-order chi connectivity index (χ1) is 11.3. The van der Waals surface area contributed by atoms with Gasteiger partial charge in [0.15, 0.2) is 11.6 Å². The van der Waals surface area contributed by atoms with Gasteiger partial charge in [-0.1, -0.05) is 13.8 Å². The van der Waals surface area contributed by atoms with E-state index in [0.29, 0.717) is 6.61 Å². The maximum Gasteiger partial charge on any atom is 0.243 e. The number of ether oxygens (including phenoxy) is 2. The lowest BCUT2D eigenvalue weighted by Crippen LogP contribution is -2.46. The first-order valence-corrected chi connectivity index (χ1v) is 7.59. The molecule has 0 unspecified atom stereocenters. The van der Waals surface area contributed by atoms with Gasteiger partial charge in [0.1, 0.15) is 6.61 Å². The van der Waals surface area contributed by atoms with Crippen molar-refractivity contribution in [3.05, 3.63) is 24.0 Å². The van der Waals surface area contributed by atoms with Crippen LogP contribution in [0.3, 0.4) is 0 Å². The number of nitrogens with one attached hydrogen (secondary N) is 2. The molecule has 0 bridgehead atoms. The van der Waals surface area contributed by atoms with Crippen molar-refractivity contribution in [1.82, 2.24) is 5.32 Å². The number of halogens is 2. The third-order valence-corrected chi connectivity index (χ3v) is 3.20. The number of rotatable bonds is 9. The average Bonchev–Trinajstić information content (AvgIpc) is 2.54. The maximum absolute atomic E-state index is 13.8. The van der Waals surface area contributed by atoms with E-state index in [4.69, 9.17) is 15.2 Å². The fraction of sp³-hybridized carbons (Fsp3) is 0.500. The van der Waals surface area contributed by atoms with Crippen LogP contribution in [0, 0.1) is 11.7 Å². The Morgan fingerprint density at radius 1 is 1.28 bits per heavy atom. The zero-order chi connectivity index (χ0) is 18.1. The Morgan fingerprint density at radius 3 is 2.52 bits per heavy atom. The fourth-order valence-electron chi connectivity index (χ4n) is 1.72. The van der Waals surface area contributed by atoms with E-state index in [1.54, 1.807) is 0 Å². The molecule has 0 heterocycles. The fourth-order valence-corrected chi connectivity index (χ4v) is 1.72. The molecular formula is C16H25ClFN3O4. The van der Waals surface area contributed by atoms with E-state index in [0.717, 1.165) is 6.07 Å². The minimum atomic E-state index is -0.682. The van der Waals surface area contributed by atoms with Crippen LogP contribution in [0.2, 0.25) is 0 Å². The Hall–Kier alpha value is -1.90. The summed E-state index contributed by atoms with van der Waals surface area (Å²) in [5.41, 5.74) is 5.93. The van der Waals surface area contributed by atoms with E-state index >= 15 is 0 Å². The van der Waals surface area contributed by atoms with Crippen LogP contribution in [-0.4, -0.2) is 44.7 Å². The second kappa shape index (κ2) is 11.6. The Bertz CT molecular complexity index is 572. The van der Waals surface area contributed by atoms with Gasteiger partial charge in [-0.2, -0.15) is 0 Å². The zero-order valence-corrected chi connectivity index (χ0v) is 15.3. The molecule has 4 N–H and O–H groups in total. The lowest BCUT2D eigenvalue weighted by molar-refractivity contribution is -0.125. The van der Waals surface area contributed by atoms with Crippen molar-refractivity contribution in [1.29, 1.82) is 0 Å². The monoisotopic (exact) mass is 377 g/mol. The predicted molar refractivity (Wildman–Crippen MR) is 95.5 cm³/mol. The summed E-state index contributed by atoms with van der Waals surface area (Å²) in [4.78, 5) is 23.4. The van der Waals surface area contributed by atoms with Crippen molar-refractivity contribution in [3.63, 3.8) is 0 Å². The number of carbonyl (C=O) groups excluding carboxylic acids is 2. The van der Waals surface area contributed by atoms with Crippen molar-refractivity contribution in [3.8, 4) is 5.75 Å². The normalized spacial score (nSPS) is 11.4. The van der Waals surface area contributed by atoms with Crippen LogP contribution < -0.4 is 21.1 Å². The summed E-state index contributed by atoms with van der Waals surface area (Å²) in [7, 11) is 1.52. The molecular weight excluding hydrogens is 353 g/mol. The third-order valence-electron chi connectivity index (χ3n) is 3.20. The van der Waals surface area contributed by atoms with Gasteiger partial charge in [0, 0.05) is 18.9 Å². The minimum Gasteiger partial charge on any atom is -0.488 e. The summed E-state index contributed by atoms with van der Waals surface area (Å²) < 4.78 is 23.8. The molecule has 0 fully saturated rings. The molecule has 0 aromatic heterocycles. The van der Waals surface area contributed by atoms with E-state index in [1.807, 2.05) is 13.8 Å². The number of hydrogen-bond donors (Lipinski definition) is 3. The average molecular weight is 378 g/mol. The molecule has 0 aliphatic heterocycles. The maximum atomic E-state index is 13.8. The topological polar surface area (TPSA) is 103 Å². The predicted octanol–water partition coefficient (Wildman–Crippen LogP) is 1.31. The van der Waals surface area contributed by atoms with E-state index < -0.39 is 23.7 Å². The molecule has 1 atom stereocenters. The van der Waals surface area contributed by atoms with Crippen LogP contribution in [0.1, 0.15) is 13.8 Å². The SMILES string of the molecule is COCCOc1ccc(NC(=O)CNC(=O)[C@@H](N)C(C)C)cc1F.Cl. The van der Waals surface area contributed by atoms with E-state index in [1.165, 1.54) is 19.2 Å². The van der Waals surface area contributed by atoms with Crippen LogP contribution in [0.4, 0.5) is 10.1 Å². The highest BCUT2D eigenvalue weighted by atomic mass is 35.5. The molecule has 1 aromatic carbocycles. The van der Waals surface area contributed by atoms with Gasteiger partial charge in [0.05, 0.1) is 19.2 Å². The van der Waals surface area contributed by atoms with Crippen molar-refractivity contribution in [2.24, 2.45) is 11.7 Å². The molecule has 0 aliphatic carbocycles. The van der Waals surface area contributed by atoms with Crippen molar-refractivity contribution in [2.45, 2.75) is 19.9 Å². The summed E-state index contributed by atoms with van der Waals surface area (Å²) in [6.45, 7) is 3.94. The molecule has 0 saturated carbocycles. The number of hydrogen-bond acceptors (Lipinski definition) is 5. The molecule has 0 spiro atoms. The molecule has 0 saturated heterocycles. The van der Waals surface area contributed by atoms with Gasteiger partial charge >= 0.3 is 0 Å². The van der Waals surface area contributed by atoms with E-state index in [-0.39, 0.29) is 42.9 Å². The smallest absolute Gasteiger partial charge is 0.243 e. The number of benzene rings is 1. The van der Waals surface area contributed by atoms with Gasteiger partial charge in [0.25, 0.3) is 0 Å². The van der Waals surface area contributed by atoms with Crippen molar-refractivity contribution in [2.75, 3.05) is 32.2 Å². The van der Waals surface area contributed by atoms with Gasteiger partial charge < -0.3 is 25.8 Å². The quantitative estimate of drug-likeness (QED) is 0.563. The van der Waals surface area contributed by atoms with Crippen LogP contribution >= 0.6 is 12.4 Å². The minimum absolute atomic E-state index is 0.